The monoisotopic (exact) mass is 449 g/mol. The molecule has 2 heterocycles. The lowest BCUT2D eigenvalue weighted by Gasteiger charge is -2.23. The van der Waals surface area contributed by atoms with Crippen LogP contribution >= 0.6 is 27.3 Å². The molecular weight excluding hydrogens is 430 g/mol. The first kappa shape index (κ1) is 19.6. The summed E-state index contributed by atoms with van der Waals surface area (Å²) in [5.74, 6) is -0.0703. The van der Waals surface area contributed by atoms with E-state index in [1.807, 2.05) is 29.6 Å². The quantitative estimate of drug-likeness (QED) is 0.483. The van der Waals surface area contributed by atoms with Gasteiger partial charge in [-0.2, -0.15) is 0 Å². The number of hydrogen-bond donors (Lipinski definition) is 0. The fraction of sp³-hybridized carbons (Fsp3) is 0.300. The predicted molar refractivity (Wildman–Crippen MR) is 109 cm³/mol. The molecule has 0 saturated carbocycles. The molecule has 1 saturated heterocycles. The van der Waals surface area contributed by atoms with Crippen LogP contribution in [0.3, 0.4) is 0 Å². The van der Waals surface area contributed by atoms with Crippen molar-refractivity contribution in [3.05, 3.63) is 56.7 Å². The van der Waals surface area contributed by atoms with Crippen LogP contribution in [0.1, 0.15) is 29.3 Å². The summed E-state index contributed by atoms with van der Waals surface area (Å²) in [5.41, 5.74) is 0.743. The summed E-state index contributed by atoms with van der Waals surface area (Å²) in [6, 6.07) is 9.62. The van der Waals surface area contributed by atoms with Crippen LogP contribution in [-0.2, 0) is 14.3 Å². The lowest BCUT2D eigenvalue weighted by atomic mass is 10.2. The van der Waals surface area contributed by atoms with Gasteiger partial charge < -0.3 is 14.4 Å². The highest BCUT2D eigenvalue weighted by Gasteiger charge is 2.30. The number of amides is 1. The normalized spacial score (nSPS) is 16.7. The first-order valence-electron chi connectivity index (χ1n) is 8.59. The van der Waals surface area contributed by atoms with E-state index in [0.717, 1.165) is 22.9 Å². The van der Waals surface area contributed by atoms with Gasteiger partial charge in [-0.15, -0.1) is 11.3 Å². The Labute approximate surface area is 170 Å². The standard InChI is InChI=1S/C20H20BrNO4S/c1-25-17-8-7-15(21)12-14(17)6-9-20(24)26-13-19(23)22-10-2-4-16(22)18-5-3-11-27-18/h3,5-9,11-12,16H,2,4,10,13H2,1H3/b9-6+. The van der Waals surface area contributed by atoms with E-state index in [-0.39, 0.29) is 18.6 Å². The fourth-order valence-corrected chi connectivity index (χ4v) is 4.35. The Balaban J connectivity index is 1.56. The van der Waals surface area contributed by atoms with Crippen molar-refractivity contribution in [3.63, 3.8) is 0 Å². The van der Waals surface area contributed by atoms with Crippen LogP contribution < -0.4 is 4.74 Å². The maximum atomic E-state index is 12.5. The number of carbonyl (C=O) groups is 2. The van der Waals surface area contributed by atoms with Crippen molar-refractivity contribution in [2.24, 2.45) is 0 Å². The molecule has 1 fully saturated rings. The fourth-order valence-electron chi connectivity index (χ4n) is 3.10. The Bertz CT molecular complexity index is 835. The van der Waals surface area contributed by atoms with Gasteiger partial charge in [0.2, 0.25) is 0 Å². The van der Waals surface area contributed by atoms with Crippen LogP contribution in [0.4, 0.5) is 0 Å². The third-order valence-electron chi connectivity index (χ3n) is 4.37. The molecule has 1 atom stereocenters. The zero-order valence-corrected chi connectivity index (χ0v) is 17.3. The molecule has 0 radical (unpaired) electrons. The average molecular weight is 450 g/mol. The molecule has 1 aliphatic rings. The number of hydrogen-bond acceptors (Lipinski definition) is 5. The largest absolute Gasteiger partial charge is 0.496 e. The number of esters is 1. The SMILES string of the molecule is COc1ccc(Br)cc1/C=C/C(=O)OCC(=O)N1CCCC1c1cccs1. The molecule has 142 valence electrons. The summed E-state index contributed by atoms with van der Waals surface area (Å²) < 4.78 is 11.3. The van der Waals surface area contributed by atoms with Gasteiger partial charge in [0, 0.05) is 27.5 Å². The molecule has 1 unspecified atom stereocenters. The molecule has 1 amide bonds. The van der Waals surface area contributed by atoms with E-state index in [1.165, 1.54) is 11.0 Å². The molecule has 27 heavy (non-hydrogen) atoms. The second-order valence-corrected chi connectivity index (χ2v) is 7.98. The summed E-state index contributed by atoms with van der Waals surface area (Å²) in [6.07, 6.45) is 4.83. The first-order chi connectivity index (χ1) is 13.1. The molecule has 1 aromatic heterocycles. The van der Waals surface area contributed by atoms with E-state index < -0.39 is 5.97 Å². The van der Waals surface area contributed by atoms with Crippen LogP contribution in [-0.4, -0.2) is 37.0 Å². The zero-order valence-electron chi connectivity index (χ0n) is 14.9. The summed E-state index contributed by atoms with van der Waals surface area (Å²) >= 11 is 5.03. The number of methoxy groups -OCH3 is 1. The molecule has 2 aromatic rings. The average Bonchev–Trinajstić information content (AvgIpc) is 3.35. The van der Waals surface area contributed by atoms with E-state index in [4.69, 9.17) is 9.47 Å². The van der Waals surface area contributed by atoms with Crippen molar-refractivity contribution in [1.82, 2.24) is 4.90 Å². The molecule has 0 N–H and O–H groups in total. The maximum absolute atomic E-state index is 12.5. The number of halogens is 1. The molecule has 5 nitrogen and oxygen atoms in total. The lowest BCUT2D eigenvalue weighted by Crippen LogP contribution is -2.33. The van der Waals surface area contributed by atoms with E-state index in [2.05, 4.69) is 15.9 Å². The van der Waals surface area contributed by atoms with Gasteiger partial charge in [-0.25, -0.2) is 4.79 Å². The minimum absolute atomic E-state index is 0.0951. The first-order valence-corrected chi connectivity index (χ1v) is 10.3. The van der Waals surface area contributed by atoms with Gasteiger partial charge in [-0.05, 0) is 48.6 Å². The highest BCUT2D eigenvalue weighted by molar-refractivity contribution is 9.10. The number of ether oxygens (including phenoxy) is 2. The second kappa shape index (κ2) is 9.19. The van der Waals surface area contributed by atoms with Crippen LogP contribution in [0.5, 0.6) is 5.75 Å². The number of rotatable bonds is 6. The number of benzene rings is 1. The highest BCUT2D eigenvalue weighted by atomic mass is 79.9. The molecule has 0 bridgehead atoms. The summed E-state index contributed by atoms with van der Waals surface area (Å²) in [4.78, 5) is 27.5. The Morgan fingerprint density at radius 3 is 2.96 bits per heavy atom. The van der Waals surface area contributed by atoms with Crippen molar-refractivity contribution in [2.45, 2.75) is 18.9 Å². The molecule has 1 aliphatic heterocycles. The lowest BCUT2D eigenvalue weighted by molar-refractivity contribution is -0.148. The number of thiophene rings is 1. The molecule has 0 aliphatic carbocycles. The second-order valence-electron chi connectivity index (χ2n) is 6.09. The van der Waals surface area contributed by atoms with Crippen LogP contribution in [0, 0.1) is 0 Å². The third-order valence-corrected chi connectivity index (χ3v) is 5.84. The van der Waals surface area contributed by atoms with Gasteiger partial charge >= 0.3 is 5.97 Å². The van der Waals surface area contributed by atoms with Crippen molar-refractivity contribution in [2.75, 3.05) is 20.3 Å². The number of carbonyl (C=O) groups excluding carboxylic acids is 2. The Morgan fingerprint density at radius 2 is 2.22 bits per heavy atom. The van der Waals surface area contributed by atoms with Crippen molar-refractivity contribution in [1.29, 1.82) is 0 Å². The third kappa shape index (κ3) is 4.99. The smallest absolute Gasteiger partial charge is 0.331 e. The van der Waals surface area contributed by atoms with E-state index in [9.17, 15) is 9.59 Å². The molecule has 7 heteroatoms. The Hall–Kier alpha value is -2.12. The van der Waals surface area contributed by atoms with Gasteiger partial charge in [0.15, 0.2) is 6.61 Å². The topological polar surface area (TPSA) is 55.8 Å². The van der Waals surface area contributed by atoms with Crippen LogP contribution in [0.2, 0.25) is 0 Å². The number of nitrogens with zero attached hydrogens (tertiary/aromatic N) is 1. The van der Waals surface area contributed by atoms with Gasteiger partial charge in [0.25, 0.3) is 5.91 Å². The Kier molecular flexibility index (Phi) is 6.68. The van der Waals surface area contributed by atoms with Gasteiger partial charge in [-0.1, -0.05) is 22.0 Å². The van der Waals surface area contributed by atoms with Gasteiger partial charge in [-0.3, -0.25) is 4.79 Å². The minimum Gasteiger partial charge on any atom is -0.496 e. The zero-order chi connectivity index (χ0) is 19.2. The highest BCUT2D eigenvalue weighted by Crippen LogP contribution is 2.34. The van der Waals surface area contributed by atoms with Crippen molar-refractivity contribution in [3.8, 4) is 5.75 Å². The summed E-state index contributed by atoms with van der Waals surface area (Å²) in [6.45, 7) is 0.449. The number of likely N-dealkylation sites (tertiary alicyclic amines) is 1. The summed E-state index contributed by atoms with van der Waals surface area (Å²) in [5, 5.41) is 2.01. The predicted octanol–water partition coefficient (Wildman–Crippen LogP) is 4.44. The maximum Gasteiger partial charge on any atom is 0.331 e. The van der Waals surface area contributed by atoms with Crippen molar-refractivity contribution < 1.29 is 19.1 Å². The van der Waals surface area contributed by atoms with Gasteiger partial charge in [0.05, 0.1) is 13.2 Å². The minimum atomic E-state index is -0.558. The van der Waals surface area contributed by atoms with Crippen molar-refractivity contribution >= 4 is 45.2 Å². The van der Waals surface area contributed by atoms with Gasteiger partial charge in [0.1, 0.15) is 5.75 Å². The van der Waals surface area contributed by atoms with E-state index in [1.54, 1.807) is 35.5 Å². The summed E-state index contributed by atoms with van der Waals surface area (Å²) in [7, 11) is 1.57. The molecule has 1 aromatic carbocycles. The van der Waals surface area contributed by atoms with E-state index in [0.29, 0.717) is 12.3 Å². The Morgan fingerprint density at radius 1 is 1.37 bits per heavy atom. The molecule has 0 spiro atoms. The molecular formula is C20H20BrNO4S. The van der Waals surface area contributed by atoms with Crippen LogP contribution in [0.15, 0.2) is 46.3 Å². The van der Waals surface area contributed by atoms with Crippen LogP contribution in [0.25, 0.3) is 6.08 Å². The molecule has 3 rings (SSSR count). The van der Waals surface area contributed by atoms with E-state index >= 15 is 0 Å².